The monoisotopic (exact) mass is 430 g/mol. The fraction of sp³-hybridized carbons (Fsp3) is 0.190. The Balaban J connectivity index is 1.76. The quantitative estimate of drug-likeness (QED) is 0.223. The molecule has 0 aromatic heterocycles. The summed E-state index contributed by atoms with van der Waals surface area (Å²) in [6, 6.07) is 7.85. The molecule has 10 nitrogen and oxygen atoms in total. The number of hydrogen-bond donors (Lipinski definition) is 4. The third-order valence-electron chi connectivity index (χ3n) is 4.56. The lowest BCUT2D eigenvalue weighted by molar-refractivity contribution is -0.164. The molecule has 0 bridgehead atoms. The number of phenolic OH excluding ortho intramolecular Hbond substituents is 3. The number of cyclic esters (lactones) is 2. The van der Waals surface area contributed by atoms with Crippen LogP contribution < -0.4 is 4.74 Å². The molecule has 162 valence electrons. The first-order valence-electron chi connectivity index (χ1n) is 8.89. The topological polar surface area (TPSA) is 160 Å². The van der Waals surface area contributed by atoms with E-state index in [1.54, 1.807) is 6.07 Å². The summed E-state index contributed by atoms with van der Waals surface area (Å²) in [4.78, 5) is 36.2. The zero-order valence-corrected chi connectivity index (χ0v) is 16.1. The number of carbonyl (C=O) groups is 3. The van der Waals surface area contributed by atoms with Gasteiger partial charge in [-0.25, -0.2) is 14.4 Å². The number of rotatable bonds is 6. The van der Waals surface area contributed by atoms with E-state index in [0.717, 1.165) is 18.2 Å². The molecule has 10 heteroatoms. The summed E-state index contributed by atoms with van der Waals surface area (Å²) < 4.78 is 14.3. The van der Waals surface area contributed by atoms with Gasteiger partial charge in [0.25, 0.3) is 0 Å². The Labute approximate surface area is 175 Å². The van der Waals surface area contributed by atoms with Gasteiger partial charge in [-0.3, -0.25) is 0 Å². The summed E-state index contributed by atoms with van der Waals surface area (Å²) in [6.45, 7) is 0. The summed E-state index contributed by atoms with van der Waals surface area (Å²) in [5.41, 5.74) is -1.94. The lowest BCUT2D eigenvalue weighted by Gasteiger charge is -2.23. The highest BCUT2D eigenvalue weighted by Gasteiger charge is 2.59. The van der Waals surface area contributed by atoms with Crippen LogP contribution in [0.1, 0.15) is 11.1 Å². The zero-order valence-electron chi connectivity index (χ0n) is 16.1. The number of phenols is 3. The second-order valence-electron chi connectivity index (χ2n) is 6.71. The van der Waals surface area contributed by atoms with Gasteiger partial charge in [-0.15, -0.1) is 0 Å². The van der Waals surface area contributed by atoms with E-state index in [4.69, 9.17) is 9.47 Å². The smallest absolute Gasteiger partial charge is 0.358 e. The standard InChI is InChI=1S/C21H18O10/c1-29-16-6-3-11(8-15(16)24)4-7-17(25)30-18-19(26)31-20(27)21(18,28)10-12-2-5-13(22)14(23)9-12/h2-9,18,22-24,28H,10H2,1H3/b7-4+/t18-,21-/m1/s1. The number of aliphatic hydroxyl groups is 1. The molecule has 0 amide bonds. The number of hydrogen-bond acceptors (Lipinski definition) is 10. The predicted molar refractivity (Wildman–Crippen MR) is 103 cm³/mol. The van der Waals surface area contributed by atoms with Crippen LogP contribution >= 0.6 is 0 Å². The van der Waals surface area contributed by atoms with E-state index < -0.39 is 47.5 Å². The lowest BCUT2D eigenvalue weighted by atomic mass is 9.90. The van der Waals surface area contributed by atoms with Crippen molar-refractivity contribution in [2.45, 2.75) is 18.1 Å². The molecular weight excluding hydrogens is 412 g/mol. The van der Waals surface area contributed by atoms with Crippen LogP contribution in [0.2, 0.25) is 0 Å². The molecule has 1 aliphatic heterocycles. The zero-order chi connectivity index (χ0) is 22.8. The van der Waals surface area contributed by atoms with Gasteiger partial charge in [-0.05, 0) is 41.5 Å². The van der Waals surface area contributed by atoms with Crippen LogP contribution in [0.25, 0.3) is 6.08 Å². The molecule has 2 aromatic carbocycles. The second kappa shape index (κ2) is 8.36. The van der Waals surface area contributed by atoms with Gasteiger partial charge in [0.15, 0.2) is 23.0 Å². The molecule has 3 rings (SSSR count). The van der Waals surface area contributed by atoms with E-state index in [0.29, 0.717) is 5.56 Å². The number of aromatic hydroxyl groups is 3. The largest absolute Gasteiger partial charge is 0.504 e. The second-order valence-corrected chi connectivity index (χ2v) is 6.71. The maximum Gasteiger partial charge on any atom is 0.358 e. The maximum absolute atomic E-state index is 12.2. The highest BCUT2D eigenvalue weighted by Crippen LogP contribution is 2.32. The normalized spacial score (nSPS) is 20.6. The van der Waals surface area contributed by atoms with Gasteiger partial charge in [0.2, 0.25) is 11.7 Å². The van der Waals surface area contributed by atoms with Crippen LogP contribution in [-0.2, 0) is 30.3 Å². The molecule has 0 aliphatic carbocycles. The van der Waals surface area contributed by atoms with Gasteiger partial charge < -0.3 is 34.6 Å². The van der Waals surface area contributed by atoms with Crippen molar-refractivity contribution in [3.8, 4) is 23.0 Å². The third kappa shape index (κ3) is 4.43. The Hall–Kier alpha value is -4.05. The SMILES string of the molecule is COc1ccc(/C=C/C(=O)O[C@@H]2C(=O)OC(=O)[C@@]2(O)Cc2ccc(O)c(O)c2)cc1O. The molecule has 2 atom stereocenters. The fourth-order valence-corrected chi connectivity index (χ4v) is 2.97. The molecule has 31 heavy (non-hydrogen) atoms. The summed E-state index contributed by atoms with van der Waals surface area (Å²) >= 11 is 0. The molecule has 2 aromatic rings. The average molecular weight is 430 g/mol. The number of esters is 3. The minimum atomic E-state index is -2.53. The van der Waals surface area contributed by atoms with Crippen molar-refractivity contribution in [3.63, 3.8) is 0 Å². The van der Waals surface area contributed by atoms with E-state index in [2.05, 4.69) is 4.74 Å². The molecular formula is C21H18O10. The van der Waals surface area contributed by atoms with Gasteiger partial charge in [-0.2, -0.15) is 0 Å². The first-order chi connectivity index (χ1) is 14.6. The van der Waals surface area contributed by atoms with Crippen LogP contribution in [0.5, 0.6) is 23.0 Å². The van der Waals surface area contributed by atoms with Gasteiger partial charge in [0, 0.05) is 12.5 Å². The van der Waals surface area contributed by atoms with Crippen LogP contribution in [-0.4, -0.2) is 57.1 Å². The lowest BCUT2D eigenvalue weighted by Crippen LogP contribution is -2.49. The van der Waals surface area contributed by atoms with Crippen molar-refractivity contribution in [3.05, 3.63) is 53.6 Å². The summed E-state index contributed by atoms with van der Waals surface area (Å²) in [6.07, 6.45) is -0.262. The molecule has 1 saturated heterocycles. The molecule has 0 radical (unpaired) electrons. The third-order valence-corrected chi connectivity index (χ3v) is 4.56. The van der Waals surface area contributed by atoms with Crippen LogP contribution in [0.15, 0.2) is 42.5 Å². The molecule has 1 fully saturated rings. The Morgan fingerprint density at radius 1 is 1.10 bits per heavy atom. The molecule has 1 heterocycles. The van der Waals surface area contributed by atoms with Crippen molar-refractivity contribution in [1.29, 1.82) is 0 Å². The molecule has 0 saturated carbocycles. The van der Waals surface area contributed by atoms with E-state index in [1.807, 2.05) is 0 Å². The molecule has 4 N–H and O–H groups in total. The van der Waals surface area contributed by atoms with Gasteiger partial charge in [0.1, 0.15) is 0 Å². The number of benzene rings is 2. The van der Waals surface area contributed by atoms with Gasteiger partial charge >= 0.3 is 17.9 Å². The van der Waals surface area contributed by atoms with Crippen molar-refractivity contribution in [2.24, 2.45) is 0 Å². The summed E-state index contributed by atoms with van der Waals surface area (Å²) in [5.74, 6) is -4.46. The summed E-state index contributed by atoms with van der Waals surface area (Å²) in [7, 11) is 1.38. The molecule has 0 spiro atoms. The van der Waals surface area contributed by atoms with Gasteiger partial charge in [0.05, 0.1) is 7.11 Å². The van der Waals surface area contributed by atoms with E-state index in [-0.39, 0.29) is 17.1 Å². The van der Waals surface area contributed by atoms with E-state index in [1.165, 1.54) is 31.4 Å². The highest BCUT2D eigenvalue weighted by molar-refractivity contribution is 6.04. The minimum absolute atomic E-state index is 0.158. The van der Waals surface area contributed by atoms with Crippen molar-refractivity contribution in [2.75, 3.05) is 7.11 Å². The molecule has 0 unspecified atom stereocenters. The Kier molecular flexibility index (Phi) is 5.84. The molecule has 1 aliphatic rings. The van der Waals surface area contributed by atoms with Crippen molar-refractivity contribution >= 4 is 24.0 Å². The Bertz CT molecular complexity index is 1070. The van der Waals surface area contributed by atoms with Crippen molar-refractivity contribution < 1.29 is 49.0 Å². The predicted octanol–water partition coefficient (Wildman–Crippen LogP) is 0.794. The maximum atomic E-state index is 12.2. The number of carbonyl (C=O) groups excluding carboxylic acids is 3. The van der Waals surface area contributed by atoms with Crippen LogP contribution in [0, 0.1) is 0 Å². The van der Waals surface area contributed by atoms with E-state index >= 15 is 0 Å². The summed E-state index contributed by atoms with van der Waals surface area (Å²) in [5, 5.41) is 39.5. The fourth-order valence-electron chi connectivity index (χ4n) is 2.97. The average Bonchev–Trinajstić information content (AvgIpc) is 2.92. The number of ether oxygens (including phenoxy) is 3. The van der Waals surface area contributed by atoms with E-state index in [9.17, 15) is 34.8 Å². The van der Waals surface area contributed by atoms with Crippen LogP contribution in [0.4, 0.5) is 0 Å². The van der Waals surface area contributed by atoms with Crippen LogP contribution in [0.3, 0.4) is 0 Å². The number of methoxy groups -OCH3 is 1. The van der Waals surface area contributed by atoms with Gasteiger partial charge in [-0.1, -0.05) is 12.1 Å². The first kappa shape index (κ1) is 21.7. The highest BCUT2D eigenvalue weighted by atomic mass is 16.7. The van der Waals surface area contributed by atoms with Crippen molar-refractivity contribution in [1.82, 2.24) is 0 Å². The first-order valence-corrected chi connectivity index (χ1v) is 8.89. The Morgan fingerprint density at radius 2 is 1.84 bits per heavy atom. The Morgan fingerprint density at radius 3 is 2.48 bits per heavy atom. The minimum Gasteiger partial charge on any atom is -0.504 e.